The van der Waals surface area contributed by atoms with E-state index in [4.69, 9.17) is 25.8 Å². The summed E-state index contributed by atoms with van der Waals surface area (Å²) in [5.74, 6) is -0.967. The van der Waals surface area contributed by atoms with E-state index in [1.165, 1.54) is 18.5 Å². The van der Waals surface area contributed by atoms with Crippen LogP contribution in [0.3, 0.4) is 0 Å². The summed E-state index contributed by atoms with van der Waals surface area (Å²) in [4.78, 5) is 21.6. The van der Waals surface area contributed by atoms with Crippen LogP contribution in [0.15, 0.2) is 48.8 Å². The molecule has 1 N–H and O–H groups in total. The molecule has 0 bridgehead atoms. The smallest absolute Gasteiger partial charge is 0.296 e. The number of aryl methyl sites for hydroxylation is 1. The highest BCUT2D eigenvalue weighted by Gasteiger charge is 2.20. The van der Waals surface area contributed by atoms with E-state index in [0.717, 1.165) is 36.2 Å². The molecule has 0 saturated carbocycles. The van der Waals surface area contributed by atoms with Gasteiger partial charge in [-0.3, -0.25) is 20.1 Å². The van der Waals surface area contributed by atoms with Crippen molar-refractivity contribution in [2.75, 3.05) is 11.9 Å². The van der Waals surface area contributed by atoms with Crippen molar-refractivity contribution in [3.8, 4) is 16.3 Å². The normalized spacial score (nSPS) is 15.2. The number of hydrogen-bond donors (Lipinski definition) is 1. The Hall–Kier alpha value is -3.51. The number of benzene rings is 1. The zero-order valence-electron chi connectivity index (χ0n) is 21.0. The quantitative estimate of drug-likeness (QED) is 0.263. The van der Waals surface area contributed by atoms with Crippen molar-refractivity contribution in [1.29, 1.82) is 0 Å². The van der Waals surface area contributed by atoms with E-state index in [-0.39, 0.29) is 41.0 Å². The van der Waals surface area contributed by atoms with Crippen LogP contribution in [0.25, 0.3) is 11.1 Å². The van der Waals surface area contributed by atoms with Crippen LogP contribution < -0.4 is 10.1 Å². The van der Waals surface area contributed by atoms with Gasteiger partial charge in [-0.15, -0.1) is 5.10 Å². The third-order valence-electron chi connectivity index (χ3n) is 5.94. The molecule has 1 unspecified atom stereocenters. The van der Waals surface area contributed by atoms with Crippen LogP contribution in [0.2, 0.25) is 5.02 Å². The largest absolute Gasteiger partial charge is 0.462 e. The number of rotatable bonds is 9. The van der Waals surface area contributed by atoms with Crippen molar-refractivity contribution < 1.29 is 23.4 Å². The van der Waals surface area contributed by atoms with Crippen molar-refractivity contribution in [2.45, 2.75) is 45.7 Å². The minimum atomic E-state index is -0.503. The highest BCUT2D eigenvalue weighted by atomic mass is 35.5. The fraction of sp³-hybridized carbons (Fsp3) is 0.296. The number of anilines is 1. The molecule has 1 aromatic carbocycles. The maximum Gasteiger partial charge on any atom is 0.296 e. The van der Waals surface area contributed by atoms with Crippen LogP contribution in [-0.4, -0.2) is 39.0 Å². The van der Waals surface area contributed by atoms with Crippen LogP contribution in [-0.2, 0) is 22.7 Å². The third-order valence-corrected chi connectivity index (χ3v) is 6.91. The first-order chi connectivity index (χ1) is 18.9. The molecule has 1 amide bonds. The van der Waals surface area contributed by atoms with Crippen molar-refractivity contribution >= 4 is 34.0 Å². The van der Waals surface area contributed by atoms with E-state index < -0.39 is 11.7 Å². The fourth-order valence-corrected chi connectivity index (χ4v) is 4.68. The first-order valence-electron chi connectivity index (χ1n) is 12.3. The van der Waals surface area contributed by atoms with E-state index in [9.17, 15) is 4.79 Å². The summed E-state index contributed by atoms with van der Waals surface area (Å²) in [5, 5.41) is 11.6. The van der Waals surface area contributed by atoms with Gasteiger partial charge in [0.2, 0.25) is 5.13 Å². The number of nitrogens with zero attached hydrogens (tertiary/aromatic N) is 4. The van der Waals surface area contributed by atoms with Gasteiger partial charge in [0.15, 0.2) is 6.29 Å². The maximum absolute atomic E-state index is 15.0. The summed E-state index contributed by atoms with van der Waals surface area (Å²) in [5.41, 5.74) is 2.94. The van der Waals surface area contributed by atoms with Crippen LogP contribution in [0.4, 0.5) is 9.52 Å². The third kappa shape index (κ3) is 7.12. The van der Waals surface area contributed by atoms with Crippen LogP contribution >= 0.6 is 22.9 Å². The Labute approximate surface area is 233 Å². The predicted molar refractivity (Wildman–Crippen MR) is 144 cm³/mol. The van der Waals surface area contributed by atoms with Gasteiger partial charge in [-0.05, 0) is 73.4 Å². The lowest BCUT2D eigenvalue weighted by atomic mass is 9.98. The lowest BCUT2D eigenvalue weighted by Crippen LogP contribution is -2.22. The monoisotopic (exact) mass is 569 g/mol. The van der Waals surface area contributed by atoms with Gasteiger partial charge in [-0.25, -0.2) is 4.39 Å². The van der Waals surface area contributed by atoms with Crippen LogP contribution in [0.1, 0.15) is 46.6 Å². The number of nitrogens with one attached hydrogen (secondary N) is 1. The minimum absolute atomic E-state index is 0.165. The average molecular weight is 570 g/mol. The maximum atomic E-state index is 15.0. The fourth-order valence-electron chi connectivity index (χ4n) is 3.97. The molecule has 202 valence electrons. The Balaban J connectivity index is 1.30. The molecule has 1 aliphatic rings. The van der Waals surface area contributed by atoms with Crippen molar-refractivity contribution in [3.63, 3.8) is 0 Å². The molecule has 39 heavy (non-hydrogen) atoms. The molecule has 1 saturated heterocycles. The molecule has 0 aliphatic carbocycles. The second-order valence-electron chi connectivity index (χ2n) is 8.88. The van der Waals surface area contributed by atoms with Crippen molar-refractivity contribution in [3.05, 3.63) is 82.1 Å². The Kier molecular flexibility index (Phi) is 8.72. The molecule has 4 aromatic rings. The summed E-state index contributed by atoms with van der Waals surface area (Å²) in [6.45, 7) is 2.89. The summed E-state index contributed by atoms with van der Waals surface area (Å²) in [6.07, 6.45) is 5.59. The minimum Gasteiger partial charge on any atom is -0.462 e. The van der Waals surface area contributed by atoms with Gasteiger partial charge < -0.3 is 14.2 Å². The lowest BCUT2D eigenvalue weighted by Gasteiger charge is -2.22. The topological polar surface area (TPSA) is 108 Å². The van der Waals surface area contributed by atoms with Gasteiger partial charge in [-0.2, -0.15) is 0 Å². The van der Waals surface area contributed by atoms with Gasteiger partial charge in [0.25, 0.3) is 11.1 Å². The number of ether oxygens (including phenoxy) is 3. The number of carbonyl (C=O) groups excluding carboxylic acids is 1. The zero-order chi connectivity index (χ0) is 27.2. The second-order valence-corrected chi connectivity index (χ2v) is 10.3. The van der Waals surface area contributed by atoms with Gasteiger partial charge in [0.05, 0.1) is 22.9 Å². The molecule has 0 radical (unpaired) electrons. The molecule has 1 atom stereocenters. The molecular formula is C27H25ClFN5O4S. The van der Waals surface area contributed by atoms with Crippen LogP contribution in [0.5, 0.6) is 5.19 Å². The molecule has 1 fully saturated rings. The van der Waals surface area contributed by atoms with E-state index in [2.05, 4.69) is 25.5 Å². The van der Waals surface area contributed by atoms with E-state index in [0.29, 0.717) is 28.6 Å². The highest BCUT2D eigenvalue weighted by molar-refractivity contribution is 7.17. The summed E-state index contributed by atoms with van der Waals surface area (Å²) in [6, 6.07) is 9.85. The van der Waals surface area contributed by atoms with Gasteiger partial charge in [0, 0.05) is 35.8 Å². The lowest BCUT2D eigenvalue weighted by molar-refractivity contribution is -0.168. The van der Waals surface area contributed by atoms with Gasteiger partial charge in [0.1, 0.15) is 12.4 Å². The Morgan fingerprint density at radius 1 is 1.13 bits per heavy atom. The average Bonchev–Trinajstić information content (AvgIpc) is 3.40. The first-order valence-corrected chi connectivity index (χ1v) is 13.5. The van der Waals surface area contributed by atoms with E-state index >= 15 is 4.39 Å². The van der Waals surface area contributed by atoms with Gasteiger partial charge >= 0.3 is 0 Å². The zero-order valence-corrected chi connectivity index (χ0v) is 22.6. The summed E-state index contributed by atoms with van der Waals surface area (Å²) >= 11 is 6.91. The Morgan fingerprint density at radius 3 is 2.82 bits per heavy atom. The number of hydrogen-bond acceptors (Lipinski definition) is 9. The number of pyridine rings is 2. The van der Waals surface area contributed by atoms with E-state index in [1.807, 2.05) is 0 Å². The molecule has 12 heteroatoms. The standard InChI is InChI=1S/C27H25ClFN5O4S/c1-16-10-20(21-11-17(5-8-23(21)29)14-37-24-4-2-3-9-36-24)22(13-30-16)25(35)32-26-33-34-27(39-26)38-15-19-7-6-18(28)12-31-19/h5-8,10-13,24H,2-4,9,14-15H2,1H3,(H,32,33,35). The number of carbonyl (C=O) groups is 1. The Bertz CT molecular complexity index is 1450. The molecular weight excluding hydrogens is 545 g/mol. The molecule has 5 rings (SSSR count). The number of halogens is 2. The molecule has 9 nitrogen and oxygen atoms in total. The van der Waals surface area contributed by atoms with Crippen molar-refractivity contribution in [1.82, 2.24) is 20.2 Å². The number of amides is 1. The second kappa shape index (κ2) is 12.6. The summed E-state index contributed by atoms with van der Waals surface area (Å²) < 4.78 is 32.1. The first kappa shape index (κ1) is 27.1. The summed E-state index contributed by atoms with van der Waals surface area (Å²) in [7, 11) is 0. The van der Waals surface area contributed by atoms with E-state index in [1.54, 1.807) is 37.3 Å². The molecule has 1 aliphatic heterocycles. The number of aromatic nitrogens is 4. The van der Waals surface area contributed by atoms with Gasteiger partial charge in [-0.1, -0.05) is 22.8 Å². The highest BCUT2D eigenvalue weighted by Crippen LogP contribution is 2.30. The predicted octanol–water partition coefficient (Wildman–Crippen LogP) is 5.97. The SMILES string of the molecule is Cc1cc(-c2cc(COC3CCCCO3)ccc2F)c(C(=O)Nc2nnc(OCc3ccc(Cl)cn3)s2)cn1. The molecule has 3 aromatic heterocycles. The van der Waals surface area contributed by atoms with Crippen LogP contribution in [0, 0.1) is 12.7 Å². The molecule has 4 heterocycles. The Morgan fingerprint density at radius 2 is 2.03 bits per heavy atom. The van der Waals surface area contributed by atoms with Crippen molar-refractivity contribution in [2.24, 2.45) is 0 Å². The molecule has 0 spiro atoms.